The van der Waals surface area contributed by atoms with Gasteiger partial charge in [-0.15, -0.1) is 0 Å². The van der Waals surface area contributed by atoms with Crippen molar-refractivity contribution in [2.24, 2.45) is 0 Å². The van der Waals surface area contributed by atoms with Crippen LogP contribution in [0.5, 0.6) is 0 Å². The summed E-state index contributed by atoms with van der Waals surface area (Å²) in [5.74, 6) is 0.245. The average molecular weight is 176 g/mol. The van der Waals surface area contributed by atoms with Crippen LogP contribution in [0.1, 0.15) is 33.6 Å². The van der Waals surface area contributed by atoms with Gasteiger partial charge in [0, 0.05) is 11.2 Å². The van der Waals surface area contributed by atoms with E-state index in [0.29, 0.717) is 6.42 Å². The van der Waals surface area contributed by atoms with Crippen molar-refractivity contribution in [3.05, 3.63) is 0 Å². The molecule has 0 aliphatic heterocycles. The highest BCUT2D eigenvalue weighted by molar-refractivity contribution is 8.00. The molecule has 0 rings (SSSR count). The summed E-state index contributed by atoms with van der Waals surface area (Å²) < 4.78 is 0.262. The molecule has 0 spiro atoms. The fourth-order valence-corrected chi connectivity index (χ4v) is 1.50. The maximum absolute atomic E-state index is 10.1. The Morgan fingerprint density at radius 2 is 2.00 bits per heavy atom. The predicted octanol–water partition coefficient (Wildman–Crippen LogP) is 2.38. The van der Waals surface area contributed by atoms with E-state index in [0.717, 1.165) is 12.2 Å². The first-order chi connectivity index (χ1) is 4.92. The lowest BCUT2D eigenvalue weighted by Gasteiger charge is -2.16. The molecule has 0 heterocycles. The number of aliphatic carboxylic acids is 1. The van der Waals surface area contributed by atoms with Crippen molar-refractivity contribution >= 4 is 17.7 Å². The fraction of sp³-hybridized carbons (Fsp3) is 0.875. The highest BCUT2D eigenvalue weighted by Gasteiger charge is 2.09. The van der Waals surface area contributed by atoms with E-state index in [-0.39, 0.29) is 4.75 Å². The summed E-state index contributed by atoms with van der Waals surface area (Å²) in [5, 5.41) is 8.33. The molecule has 11 heavy (non-hydrogen) atoms. The molecule has 0 saturated carbocycles. The van der Waals surface area contributed by atoms with Crippen molar-refractivity contribution in [2.75, 3.05) is 5.75 Å². The maximum Gasteiger partial charge on any atom is 0.303 e. The average Bonchev–Trinajstić information content (AvgIpc) is 1.78. The van der Waals surface area contributed by atoms with Gasteiger partial charge in [0.25, 0.3) is 0 Å². The Balaban J connectivity index is 3.22. The standard InChI is InChI=1S/C8H16O2S/c1-8(2,3)11-6-4-5-7(9)10/h4-6H2,1-3H3,(H,9,10). The van der Waals surface area contributed by atoms with Gasteiger partial charge in [-0.05, 0) is 12.2 Å². The third-order valence-corrected chi connectivity index (χ3v) is 2.43. The smallest absolute Gasteiger partial charge is 0.303 e. The van der Waals surface area contributed by atoms with Crippen LogP contribution in [0.4, 0.5) is 0 Å². The van der Waals surface area contributed by atoms with Gasteiger partial charge in [0.2, 0.25) is 0 Å². The third kappa shape index (κ3) is 9.82. The molecule has 0 aromatic rings. The Morgan fingerprint density at radius 1 is 1.45 bits per heavy atom. The van der Waals surface area contributed by atoms with E-state index < -0.39 is 5.97 Å². The first-order valence-corrected chi connectivity index (χ1v) is 4.76. The van der Waals surface area contributed by atoms with Gasteiger partial charge in [0.05, 0.1) is 0 Å². The van der Waals surface area contributed by atoms with Crippen LogP contribution >= 0.6 is 11.8 Å². The molecule has 0 aromatic heterocycles. The molecule has 0 fully saturated rings. The summed E-state index contributed by atoms with van der Waals surface area (Å²) in [6, 6.07) is 0. The minimum absolute atomic E-state index is 0.262. The molecule has 2 nitrogen and oxygen atoms in total. The van der Waals surface area contributed by atoms with Crippen molar-refractivity contribution in [3.8, 4) is 0 Å². The lowest BCUT2D eigenvalue weighted by molar-refractivity contribution is -0.137. The number of hydrogen-bond acceptors (Lipinski definition) is 2. The van der Waals surface area contributed by atoms with Crippen LogP contribution in [0.15, 0.2) is 0 Å². The van der Waals surface area contributed by atoms with Crippen molar-refractivity contribution < 1.29 is 9.90 Å². The Bertz CT molecular complexity index is 127. The Labute approximate surface area is 72.4 Å². The summed E-state index contributed by atoms with van der Waals surface area (Å²) >= 11 is 1.81. The van der Waals surface area contributed by atoms with Crippen LogP contribution in [0.25, 0.3) is 0 Å². The number of carbonyl (C=O) groups is 1. The van der Waals surface area contributed by atoms with Crippen molar-refractivity contribution in [2.45, 2.75) is 38.4 Å². The molecule has 0 bridgehead atoms. The monoisotopic (exact) mass is 176 g/mol. The molecular formula is C8H16O2S. The van der Waals surface area contributed by atoms with Crippen LogP contribution in [0.2, 0.25) is 0 Å². The van der Waals surface area contributed by atoms with E-state index in [4.69, 9.17) is 5.11 Å². The molecular weight excluding hydrogens is 160 g/mol. The summed E-state index contributed by atoms with van der Waals surface area (Å²) in [6.07, 6.45) is 1.07. The fourth-order valence-electron chi connectivity index (χ4n) is 0.602. The summed E-state index contributed by atoms with van der Waals surface area (Å²) in [4.78, 5) is 10.1. The maximum atomic E-state index is 10.1. The zero-order valence-electron chi connectivity index (χ0n) is 7.39. The number of hydrogen-bond donors (Lipinski definition) is 1. The van der Waals surface area contributed by atoms with Crippen molar-refractivity contribution in [1.29, 1.82) is 0 Å². The van der Waals surface area contributed by atoms with Gasteiger partial charge < -0.3 is 5.11 Å². The molecule has 0 aliphatic rings. The Morgan fingerprint density at radius 3 is 2.36 bits per heavy atom. The minimum Gasteiger partial charge on any atom is -0.481 e. The Kier molecular flexibility index (Phi) is 4.57. The van der Waals surface area contributed by atoms with Crippen LogP contribution in [-0.2, 0) is 4.79 Å². The van der Waals surface area contributed by atoms with E-state index in [1.54, 1.807) is 0 Å². The molecule has 0 radical (unpaired) electrons. The van der Waals surface area contributed by atoms with Gasteiger partial charge in [-0.1, -0.05) is 20.8 Å². The Hall–Kier alpha value is -0.180. The van der Waals surface area contributed by atoms with Crippen molar-refractivity contribution in [3.63, 3.8) is 0 Å². The lowest BCUT2D eigenvalue weighted by atomic mass is 10.3. The quantitative estimate of drug-likeness (QED) is 0.668. The second kappa shape index (κ2) is 4.65. The highest BCUT2D eigenvalue weighted by Crippen LogP contribution is 2.23. The normalized spacial score (nSPS) is 11.5. The largest absolute Gasteiger partial charge is 0.481 e. The summed E-state index contributed by atoms with van der Waals surface area (Å²) in [6.45, 7) is 6.41. The topological polar surface area (TPSA) is 37.3 Å². The lowest BCUT2D eigenvalue weighted by Crippen LogP contribution is -2.08. The highest BCUT2D eigenvalue weighted by atomic mass is 32.2. The van der Waals surface area contributed by atoms with Crippen LogP contribution in [-0.4, -0.2) is 21.6 Å². The van der Waals surface area contributed by atoms with Crippen molar-refractivity contribution in [1.82, 2.24) is 0 Å². The number of rotatable bonds is 4. The number of thioether (sulfide) groups is 1. The van der Waals surface area contributed by atoms with E-state index in [9.17, 15) is 4.79 Å². The van der Waals surface area contributed by atoms with Gasteiger partial charge in [0.1, 0.15) is 0 Å². The zero-order chi connectivity index (χ0) is 8.91. The number of carboxylic acid groups (broad SMARTS) is 1. The molecule has 1 N–H and O–H groups in total. The molecule has 0 unspecified atom stereocenters. The first kappa shape index (κ1) is 10.8. The van der Waals surface area contributed by atoms with E-state index in [1.807, 2.05) is 11.8 Å². The molecule has 0 aromatic carbocycles. The minimum atomic E-state index is -0.695. The van der Waals surface area contributed by atoms with Gasteiger partial charge in [-0.2, -0.15) is 11.8 Å². The van der Waals surface area contributed by atoms with Crippen LogP contribution in [0.3, 0.4) is 0 Å². The van der Waals surface area contributed by atoms with E-state index in [1.165, 1.54) is 0 Å². The van der Waals surface area contributed by atoms with Crippen LogP contribution in [0, 0.1) is 0 Å². The summed E-state index contributed by atoms with van der Waals surface area (Å²) in [7, 11) is 0. The number of carboxylic acids is 1. The first-order valence-electron chi connectivity index (χ1n) is 3.77. The predicted molar refractivity (Wildman–Crippen MR) is 49.1 cm³/mol. The van der Waals surface area contributed by atoms with Crippen LogP contribution < -0.4 is 0 Å². The SMILES string of the molecule is CC(C)(C)SCCCC(=O)O. The molecule has 3 heteroatoms. The molecule has 66 valence electrons. The zero-order valence-corrected chi connectivity index (χ0v) is 8.20. The molecule has 0 amide bonds. The van der Waals surface area contributed by atoms with Gasteiger partial charge in [-0.3, -0.25) is 4.79 Å². The second-order valence-corrected chi connectivity index (χ2v) is 5.38. The van der Waals surface area contributed by atoms with Gasteiger partial charge >= 0.3 is 5.97 Å². The molecule has 0 saturated heterocycles. The van der Waals surface area contributed by atoms with E-state index in [2.05, 4.69) is 20.8 Å². The van der Waals surface area contributed by atoms with Gasteiger partial charge in [-0.25, -0.2) is 0 Å². The van der Waals surface area contributed by atoms with E-state index >= 15 is 0 Å². The van der Waals surface area contributed by atoms with Gasteiger partial charge in [0.15, 0.2) is 0 Å². The summed E-state index contributed by atoms with van der Waals surface area (Å²) in [5.41, 5.74) is 0. The molecule has 0 atom stereocenters. The third-order valence-electron chi connectivity index (χ3n) is 1.07. The molecule has 0 aliphatic carbocycles. The second-order valence-electron chi connectivity index (χ2n) is 3.46.